The Morgan fingerprint density at radius 3 is 2.08 bits per heavy atom. The largest absolute Gasteiger partial charge is 0.444 e. The van der Waals surface area contributed by atoms with Crippen LogP contribution in [0.2, 0.25) is 18.1 Å². The minimum absolute atomic E-state index is 0.00840. The van der Waals surface area contributed by atoms with E-state index in [9.17, 15) is 4.79 Å². The molecule has 0 aromatic heterocycles. The molecule has 1 aromatic carbocycles. The van der Waals surface area contributed by atoms with E-state index < -0.39 is 13.9 Å². The van der Waals surface area contributed by atoms with Crippen LogP contribution in [-0.2, 0) is 15.6 Å². The number of amides is 1. The first-order valence-corrected chi connectivity index (χ1v) is 17.4. The summed E-state index contributed by atoms with van der Waals surface area (Å²) in [4.78, 5) is 15.7. The van der Waals surface area contributed by atoms with Crippen LogP contribution in [0.25, 0.3) is 0 Å². The number of carbonyl (C=O) groups is 1. The van der Waals surface area contributed by atoms with Crippen LogP contribution >= 0.6 is 0 Å². The summed E-state index contributed by atoms with van der Waals surface area (Å²) in [6.07, 6.45) is 11.5. The Morgan fingerprint density at radius 1 is 0.944 bits per heavy atom. The first kappa shape index (κ1) is 30.9. The summed E-state index contributed by atoms with van der Waals surface area (Å²) < 4.78 is 13.0. The Labute approximate surface area is 223 Å². The zero-order valence-corrected chi connectivity index (χ0v) is 25.9. The molecule has 5 heteroatoms. The average Bonchev–Trinajstić information content (AvgIpc) is 3.08. The molecule has 1 amide bonds. The molecule has 0 bridgehead atoms. The molecule has 0 aliphatic carbocycles. The monoisotopic (exact) mass is 517 g/mol. The number of nitrogens with zero attached hydrogens (tertiary/aromatic N) is 1. The fourth-order valence-electron chi connectivity index (χ4n) is 4.95. The number of unbranched alkanes of at least 4 members (excludes halogenated alkanes) is 6. The predicted octanol–water partition coefficient (Wildman–Crippen LogP) is 9.14. The van der Waals surface area contributed by atoms with Crippen molar-refractivity contribution < 1.29 is 14.0 Å². The smallest absolute Gasteiger partial charge is 0.410 e. The van der Waals surface area contributed by atoms with Crippen molar-refractivity contribution in [1.82, 2.24) is 4.90 Å². The number of hydrogen-bond donors (Lipinski definition) is 0. The van der Waals surface area contributed by atoms with Gasteiger partial charge in [-0.05, 0) is 63.7 Å². The van der Waals surface area contributed by atoms with Crippen LogP contribution in [-0.4, -0.2) is 43.1 Å². The topological polar surface area (TPSA) is 38.8 Å². The summed E-state index contributed by atoms with van der Waals surface area (Å²) in [6.45, 7) is 19.7. The molecule has 0 radical (unpaired) electrons. The van der Waals surface area contributed by atoms with Gasteiger partial charge in [-0.25, -0.2) is 4.79 Å². The van der Waals surface area contributed by atoms with E-state index in [-0.39, 0.29) is 29.3 Å². The van der Waals surface area contributed by atoms with E-state index in [0.29, 0.717) is 0 Å². The summed E-state index contributed by atoms with van der Waals surface area (Å²) in [7, 11) is -2.01. The first-order valence-electron chi connectivity index (χ1n) is 14.5. The molecular formula is C31H55NO3Si. The highest BCUT2D eigenvalue weighted by Crippen LogP contribution is 2.42. The van der Waals surface area contributed by atoms with Crippen LogP contribution in [0, 0.1) is 0 Å². The van der Waals surface area contributed by atoms with Crippen molar-refractivity contribution in [3.05, 3.63) is 35.9 Å². The zero-order valence-electron chi connectivity index (χ0n) is 24.9. The van der Waals surface area contributed by atoms with Crippen molar-refractivity contribution in [3.63, 3.8) is 0 Å². The van der Waals surface area contributed by atoms with Crippen molar-refractivity contribution in [2.45, 2.75) is 155 Å². The third kappa shape index (κ3) is 9.52. The molecule has 0 saturated carbocycles. The molecule has 4 nitrogen and oxygen atoms in total. The van der Waals surface area contributed by atoms with Gasteiger partial charge >= 0.3 is 6.09 Å². The molecule has 1 aromatic rings. The molecule has 206 valence electrons. The van der Waals surface area contributed by atoms with E-state index in [1.54, 1.807) is 0 Å². The standard InChI is InChI=1S/C31H55NO3Si/c1-10-11-12-13-14-15-19-22-26-24-28(35-36(8,9)31(5,6)7)27(23-25-20-17-16-18-21-25)32(26)29(33)34-30(2,3)4/h16-18,20-21,26-28H,10-15,19,22-24H2,1-9H3/t26-,27+,28+/m1/s1. The van der Waals surface area contributed by atoms with Crippen LogP contribution in [0.5, 0.6) is 0 Å². The summed E-state index contributed by atoms with van der Waals surface area (Å²) >= 11 is 0. The molecule has 1 fully saturated rings. The molecule has 2 rings (SSSR count). The maximum atomic E-state index is 13.6. The molecule has 0 spiro atoms. The number of carbonyl (C=O) groups excluding carboxylic acids is 1. The van der Waals surface area contributed by atoms with Gasteiger partial charge in [0.25, 0.3) is 0 Å². The van der Waals surface area contributed by atoms with E-state index >= 15 is 0 Å². The zero-order chi connectivity index (χ0) is 27.0. The summed E-state index contributed by atoms with van der Waals surface area (Å²) in [5.74, 6) is 0. The van der Waals surface area contributed by atoms with Crippen molar-refractivity contribution in [2.75, 3.05) is 0 Å². The third-order valence-electron chi connectivity index (χ3n) is 7.97. The highest BCUT2D eigenvalue weighted by Gasteiger charge is 2.49. The van der Waals surface area contributed by atoms with Crippen molar-refractivity contribution >= 4 is 14.4 Å². The SMILES string of the molecule is CCCCCCCCC[C@@H]1C[C@H](O[Si](C)(C)C(C)(C)C)[C@H](Cc2ccccc2)N1C(=O)OC(C)(C)C. The van der Waals surface area contributed by atoms with Gasteiger partial charge in [0.15, 0.2) is 8.32 Å². The number of rotatable bonds is 12. The van der Waals surface area contributed by atoms with Crippen molar-refractivity contribution in [2.24, 2.45) is 0 Å². The van der Waals surface area contributed by atoms with Crippen LogP contribution < -0.4 is 0 Å². The van der Waals surface area contributed by atoms with Gasteiger partial charge in [-0.15, -0.1) is 0 Å². The Hall–Kier alpha value is -1.33. The second-order valence-electron chi connectivity index (χ2n) is 13.4. The van der Waals surface area contributed by atoms with E-state index in [4.69, 9.17) is 9.16 Å². The lowest BCUT2D eigenvalue weighted by atomic mass is 10.0. The van der Waals surface area contributed by atoms with Gasteiger partial charge in [-0.1, -0.05) is 103 Å². The number of hydrogen-bond acceptors (Lipinski definition) is 3. The Kier molecular flexibility index (Phi) is 11.5. The van der Waals surface area contributed by atoms with E-state index in [1.807, 2.05) is 20.8 Å². The van der Waals surface area contributed by atoms with E-state index in [0.717, 1.165) is 25.7 Å². The minimum atomic E-state index is -2.01. The first-order chi connectivity index (χ1) is 16.7. The molecule has 3 atom stereocenters. The van der Waals surface area contributed by atoms with Gasteiger partial charge in [-0.3, -0.25) is 4.90 Å². The molecule has 0 unspecified atom stereocenters. The lowest BCUT2D eigenvalue weighted by Crippen LogP contribution is -2.50. The Balaban J connectivity index is 2.27. The highest BCUT2D eigenvalue weighted by atomic mass is 28.4. The molecule has 1 aliphatic heterocycles. The quantitative estimate of drug-likeness (QED) is 0.205. The second-order valence-corrected chi connectivity index (χ2v) is 18.1. The Bertz CT molecular complexity index is 781. The minimum Gasteiger partial charge on any atom is -0.444 e. The normalized spacial score (nSPS) is 21.1. The van der Waals surface area contributed by atoms with Crippen LogP contribution in [0.4, 0.5) is 4.79 Å². The van der Waals surface area contributed by atoms with Gasteiger partial charge in [-0.2, -0.15) is 0 Å². The molecule has 1 heterocycles. The van der Waals surface area contributed by atoms with Crippen molar-refractivity contribution in [3.8, 4) is 0 Å². The van der Waals surface area contributed by atoms with Gasteiger partial charge in [0.2, 0.25) is 0 Å². The summed E-state index contributed by atoms with van der Waals surface area (Å²) in [6, 6.07) is 10.7. The summed E-state index contributed by atoms with van der Waals surface area (Å²) in [5.41, 5.74) is 0.729. The fraction of sp³-hybridized carbons (Fsp3) is 0.774. The van der Waals surface area contributed by atoms with Crippen LogP contribution in [0.1, 0.15) is 112 Å². The molecule has 1 aliphatic rings. The van der Waals surface area contributed by atoms with Gasteiger partial charge < -0.3 is 9.16 Å². The summed E-state index contributed by atoms with van der Waals surface area (Å²) in [5, 5.41) is 0.123. The molecule has 36 heavy (non-hydrogen) atoms. The molecule has 0 N–H and O–H groups in total. The number of ether oxygens (including phenoxy) is 1. The van der Waals surface area contributed by atoms with E-state index in [2.05, 4.69) is 76.0 Å². The van der Waals surface area contributed by atoms with Crippen LogP contribution in [0.3, 0.4) is 0 Å². The molecule has 1 saturated heterocycles. The molecular weight excluding hydrogens is 462 g/mol. The Morgan fingerprint density at radius 2 is 1.53 bits per heavy atom. The van der Waals surface area contributed by atoms with Crippen LogP contribution in [0.15, 0.2) is 30.3 Å². The van der Waals surface area contributed by atoms with Gasteiger partial charge in [0, 0.05) is 6.04 Å². The maximum absolute atomic E-state index is 13.6. The number of benzene rings is 1. The van der Waals surface area contributed by atoms with Crippen molar-refractivity contribution in [1.29, 1.82) is 0 Å². The number of likely N-dealkylation sites (tertiary alicyclic amines) is 1. The lowest BCUT2D eigenvalue weighted by Gasteiger charge is -2.40. The lowest BCUT2D eigenvalue weighted by molar-refractivity contribution is 0.00866. The van der Waals surface area contributed by atoms with Gasteiger partial charge in [0.1, 0.15) is 5.60 Å². The maximum Gasteiger partial charge on any atom is 0.410 e. The third-order valence-corrected chi connectivity index (χ3v) is 12.5. The second kappa shape index (κ2) is 13.5. The highest BCUT2D eigenvalue weighted by molar-refractivity contribution is 6.74. The average molecular weight is 518 g/mol. The fourth-order valence-corrected chi connectivity index (χ4v) is 6.31. The van der Waals surface area contributed by atoms with Gasteiger partial charge in [0.05, 0.1) is 12.1 Å². The van der Waals surface area contributed by atoms with E-state index in [1.165, 1.54) is 44.1 Å². The predicted molar refractivity (Wildman–Crippen MR) is 155 cm³/mol.